The summed E-state index contributed by atoms with van der Waals surface area (Å²) in [5, 5.41) is 9.45. The fourth-order valence-corrected chi connectivity index (χ4v) is 2.58. The second kappa shape index (κ2) is 8.49. The summed E-state index contributed by atoms with van der Waals surface area (Å²) in [7, 11) is 0. The molecule has 0 saturated carbocycles. The first kappa shape index (κ1) is 21.2. The van der Waals surface area contributed by atoms with Crippen molar-refractivity contribution in [1.29, 1.82) is 0 Å². The van der Waals surface area contributed by atoms with Crippen molar-refractivity contribution in [3.63, 3.8) is 0 Å². The van der Waals surface area contributed by atoms with Crippen LogP contribution in [0.15, 0.2) is 24.3 Å². The van der Waals surface area contributed by atoms with E-state index in [4.69, 9.17) is 4.74 Å². The number of halogens is 2. The first-order valence-electron chi connectivity index (χ1n) is 7.85. The largest absolute Gasteiger partial charge is 0.480 e. The van der Waals surface area contributed by atoms with Gasteiger partial charge in [-0.2, -0.15) is 0 Å². The van der Waals surface area contributed by atoms with Crippen LogP contribution in [-0.2, 0) is 16.1 Å². The quantitative estimate of drug-likeness (QED) is 0.880. The number of amides is 1. The fourth-order valence-electron chi connectivity index (χ4n) is 2.58. The molecule has 1 heterocycles. The number of carbonyl (C=O) groups is 2. The highest BCUT2D eigenvalue weighted by Gasteiger charge is 2.37. The van der Waals surface area contributed by atoms with Crippen LogP contribution in [0.3, 0.4) is 0 Å². The van der Waals surface area contributed by atoms with E-state index >= 15 is 0 Å². The number of carboxylic acid groups (broad SMARTS) is 1. The lowest BCUT2D eigenvalue weighted by molar-refractivity contribution is -0.145. The molecule has 8 heteroatoms. The summed E-state index contributed by atoms with van der Waals surface area (Å²) < 4.78 is 18.2. The first-order valence-corrected chi connectivity index (χ1v) is 7.85. The van der Waals surface area contributed by atoms with Gasteiger partial charge in [-0.25, -0.2) is 14.0 Å². The summed E-state index contributed by atoms with van der Waals surface area (Å²) in [6.45, 7) is 6.73. The minimum Gasteiger partial charge on any atom is -0.480 e. The molecule has 1 aromatic rings. The number of hydrogen-bond donors (Lipinski definition) is 1. The molecule has 0 aliphatic carbocycles. The zero-order valence-corrected chi connectivity index (χ0v) is 15.4. The topological polar surface area (TPSA) is 70.1 Å². The Kier molecular flexibility index (Phi) is 7.19. The van der Waals surface area contributed by atoms with E-state index in [9.17, 15) is 19.1 Å². The van der Waals surface area contributed by atoms with Gasteiger partial charge in [0.05, 0.1) is 0 Å². The average Bonchev–Trinajstić information content (AvgIpc) is 2.47. The van der Waals surface area contributed by atoms with Gasteiger partial charge in [0, 0.05) is 26.2 Å². The van der Waals surface area contributed by atoms with Crippen molar-refractivity contribution in [3.8, 4) is 0 Å². The van der Waals surface area contributed by atoms with Crippen molar-refractivity contribution in [1.82, 2.24) is 9.80 Å². The van der Waals surface area contributed by atoms with Gasteiger partial charge in [-0.05, 0) is 38.5 Å². The molecule has 1 aromatic carbocycles. The van der Waals surface area contributed by atoms with Gasteiger partial charge in [0.25, 0.3) is 0 Å². The van der Waals surface area contributed by atoms with Crippen LogP contribution < -0.4 is 0 Å². The maximum atomic E-state index is 13.0. The molecule has 25 heavy (non-hydrogen) atoms. The Morgan fingerprint density at radius 1 is 1.24 bits per heavy atom. The van der Waals surface area contributed by atoms with Gasteiger partial charge < -0.3 is 9.84 Å². The molecule has 1 aliphatic heterocycles. The van der Waals surface area contributed by atoms with E-state index in [-0.39, 0.29) is 31.3 Å². The molecule has 1 amide bonds. The Balaban J connectivity index is 0.00000312. The van der Waals surface area contributed by atoms with E-state index in [1.165, 1.54) is 17.0 Å². The molecule has 1 atom stereocenters. The van der Waals surface area contributed by atoms with Crippen molar-refractivity contribution < 1.29 is 23.8 Å². The van der Waals surface area contributed by atoms with Crippen LogP contribution >= 0.6 is 12.4 Å². The van der Waals surface area contributed by atoms with E-state index in [1.54, 1.807) is 32.9 Å². The van der Waals surface area contributed by atoms with E-state index in [2.05, 4.69) is 0 Å². The normalized spacial score (nSPS) is 18.4. The van der Waals surface area contributed by atoms with Crippen LogP contribution in [0, 0.1) is 5.82 Å². The van der Waals surface area contributed by atoms with Crippen molar-refractivity contribution in [2.24, 2.45) is 0 Å². The van der Waals surface area contributed by atoms with Gasteiger partial charge in [0.15, 0.2) is 0 Å². The number of ether oxygens (including phenoxy) is 1. The second-order valence-electron chi connectivity index (χ2n) is 6.89. The standard InChI is InChI=1S/C17H23FN2O4.ClH/c1-17(2,3)24-16(23)20-9-8-19(11-14(20)15(21)22)10-12-4-6-13(18)7-5-12;/h4-7,14H,8-11H2,1-3H3,(H,21,22);1H. The molecule has 1 aliphatic rings. The highest BCUT2D eigenvalue weighted by atomic mass is 35.5. The monoisotopic (exact) mass is 374 g/mol. The first-order chi connectivity index (χ1) is 11.2. The van der Waals surface area contributed by atoms with Gasteiger partial charge in [-0.15, -0.1) is 12.4 Å². The SMILES string of the molecule is CC(C)(C)OC(=O)N1CCN(Cc2ccc(F)cc2)CC1C(=O)O.Cl. The van der Waals surface area contributed by atoms with Crippen molar-refractivity contribution in [2.75, 3.05) is 19.6 Å². The summed E-state index contributed by atoms with van der Waals surface area (Å²) in [5.74, 6) is -1.37. The molecular weight excluding hydrogens is 351 g/mol. The molecule has 0 aromatic heterocycles. The van der Waals surface area contributed by atoms with Crippen molar-refractivity contribution in [2.45, 2.75) is 39.0 Å². The summed E-state index contributed by atoms with van der Waals surface area (Å²) in [4.78, 5) is 27.0. The summed E-state index contributed by atoms with van der Waals surface area (Å²) in [6.07, 6.45) is -0.615. The van der Waals surface area contributed by atoms with Crippen LogP contribution in [0.5, 0.6) is 0 Å². The van der Waals surface area contributed by atoms with Gasteiger partial charge in [-0.3, -0.25) is 9.80 Å². The Labute approximate surface area is 153 Å². The van der Waals surface area contributed by atoms with Crippen molar-refractivity contribution >= 4 is 24.5 Å². The van der Waals surface area contributed by atoms with E-state index in [0.717, 1.165) is 5.56 Å². The third-order valence-corrected chi connectivity index (χ3v) is 3.70. The zero-order chi connectivity index (χ0) is 17.9. The summed E-state index contributed by atoms with van der Waals surface area (Å²) in [5.41, 5.74) is 0.219. The number of rotatable bonds is 3. The lowest BCUT2D eigenvalue weighted by atomic mass is 10.1. The fraction of sp³-hybridized carbons (Fsp3) is 0.529. The van der Waals surface area contributed by atoms with Gasteiger partial charge in [0.1, 0.15) is 17.5 Å². The second-order valence-corrected chi connectivity index (χ2v) is 6.89. The molecular formula is C17H24ClFN2O4. The number of aliphatic carboxylic acids is 1. The number of hydrogen-bond acceptors (Lipinski definition) is 4. The molecule has 140 valence electrons. The molecule has 6 nitrogen and oxygen atoms in total. The summed E-state index contributed by atoms with van der Waals surface area (Å²) in [6, 6.07) is 5.13. The number of piperazine rings is 1. The Hall–Kier alpha value is -1.86. The van der Waals surface area contributed by atoms with E-state index in [0.29, 0.717) is 13.1 Å². The molecule has 1 saturated heterocycles. The minimum absolute atomic E-state index is 0. The molecule has 1 fully saturated rings. The molecule has 0 spiro atoms. The maximum absolute atomic E-state index is 13.0. The van der Waals surface area contributed by atoms with Crippen LogP contribution in [0.25, 0.3) is 0 Å². The number of benzene rings is 1. The molecule has 1 N–H and O–H groups in total. The predicted molar refractivity (Wildman–Crippen MR) is 93.3 cm³/mol. The van der Waals surface area contributed by atoms with Gasteiger partial charge in [-0.1, -0.05) is 12.1 Å². The van der Waals surface area contributed by atoms with Gasteiger partial charge >= 0.3 is 12.1 Å². The van der Waals surface area contributed by atoms with Crippen LogP contribution in [0.2, 0.25) is 0 Å². The third-order valence-electron chi connectivity index (χ3n) is 3.70. The Morgan fingerprint density at radius 2 is 1.84 bits per heavy atom. The minimum atomic E-state index is -1.07. The number of carboxylic acids is 1. The molecule has 2 rings (SSSR count). The molecule has 0 radical (unpaired) electrons. The van der Waals surface area contributed by atoms with E-state index < -0.39 is 23.7 Å². The molecule has 1 unspecified atom stereocenters. The smallest absolute Gasteiger partial charge is 0.411 e. The van der Waals surface area contributed by atoms with Crippen LogP contribution in [-0.4, -0.2) is 58.2 Å². The highest BCUT2D eigenvalue weighted by Crippen LogP contribution is 2.18. The lowest BCUT2D eigenvalue weighted by Crippen LogP contribution is -2.58. The highest BCUT2D eigenvalue weighted by molar-refractivity contribution is 5.85. The maximum Gasteiger partial charge on any atom is 0.411 e. The Bertz CT molecular complexity index is 604. The lowest BCUT2D eigenvalue weighted by Gasteiger charge is -2.39. The van der Waals surface area contributed by atoms with Crippen LogP contribution in [0.4, 0.5) is 9.18 Å². The number of carbonyl (C=O) groups excluding carboxylic acids is 1. The number of nitrogens with zero attached hydrogens (tertiary/aromatic N) is 2. The van der Waals surface area contributed by atoms with Gasteiger partial charge in [0.2, 0.25) is 0 Å². The zero-order valence-electron chi connectivity index (χ0n) is 14.6. The predicted octanol–water partition coefficient (Wildman–Crippen LogP) is 2.75. The average molecular weight is 375 g/mol. The van der Waals surface area contributed by atoms with Crippen LogP contribution in [0.1, 0.15) is 26.3 Å². The third kappa shape index (κ3) is 6.17. The Morgan fingerprint density at radius 3 is 2.36 bits per heavy atom. The van der Waals surface area contributed by atoms with E-state index in [1.807, 2.05) is 4.90 Å². The molecule has 0 bridgehead atoms. The summed E-state index contributed by atoms with van der Waals surface area (Å²) >= 11 is 0. The van der Waals surface area contributed by atoms with Crippen molar-refractivity contribution in [3.05, 3.63) is 35.6 Å².